The molecule has 0 radical (unpaired) electrons. The van der Waals surface area contributed by atoms with Gasteiger partial charge in [-0.3, -0.25) is 0 Å². The van der Waals surface area contributed by atoms with E-state index >= 15 is 0 Å². The lowest BCUT2D eigenvalue weighted by Crippen LogP contribution is -2.54. The van der Waals surface area contributed by atoms with Crippen LogP contribution in [0.15, 0.2) is 0 Å². The smallest absolute Gasteiger partial charge is 0.181 e. The molecule has 2 unspecified atom stereocenters. The van der Waals surface area contributed by atoms with Crippen molar-refractivity contribution in [3.05, 3.63) is 0 Å². The topological polar surface area (TPSA) is 90.2 Å². The Morgan fingerprint density at radius 1 is 1.17 bits per heavy atom. The highest BCUT2D eigenvalue weighted by Gasteiger charge is 2.40. The molecule has 1 aliphatic rings. The molecule has 12 heavy (non-hydrogen) atoms. The first-order valence-electron chi connectivity index (χ1n) is 3.88. The maximum Gasteiger partial charge on any atom is 0.181 e. The van der Waals surface area contributed by atoms with Crippen LogP contribution in [0.25, 0.3) is 0 Å². The van der Waals surface area contributed by atoms with Gasteiger partial charge in [0.05, 0.1) is 12.7 Å². The minimum absolute atomic E-state index is 0.366. The van der Waals surface area contributed by atoms with E-state index in [0.29, 0.717) is 0 Å². The third kappa shape index (κ3) is 1.60. The fourth-order valence-corrected chi connectivity index (χ4v) is 1.29. The molecule has 0 amide bonds. The summed E-state index contributed by atoms with van der Waals surface area (Å²) in [7, 11) is 0. The van der Waals surface area contributed by atoms with E-state index in [1.165, 1.54) is 0 Å². The molecular formula is C7H14O5. The van der Waals surface area contributed by atoms with Gasteiger partial charge >= 0.3 is 0 Å². The first kappa shape index (κ1) is 9.88. The quantitative estimate of drug-likeness (QED) is 0.375. The molecule has 1 saturated heterocycles. The van der Waals surface area contributed by atoms with E-state index in [2.05, 4.69) is 0 Å². The monoisotopic (exact) mass is 178 g/mol. The van der Waals surface area contributed by atoms with Crippen LogP contribution in [-0.2, 0) is 4.74 Å². The summed E-state index contributed by atoms with van der Waals surface area (Å²) in [5.41, 5.74) is 0. The molecule has 4 N–H and O–H groups in total. The summed E-state index contributed by atoms with van der Waals surface area (Å²) in [6.07, 6.45) is -4.16. The maximum atomic E-state index is 9.37. The normalized spacial score (nSPS) is 49.2. The molecule has 0 spiro atoms. The van der Waals surface area contributed by atoms with Crippen LogP contribution in [-0.4, -0.2) is 51.6 Å². The highest BCUT2D eigenvalue weighted by Crippen LogP contribution is 2.24. The second kappa shape index (κ2) is 3.68. The molecule has 0 aromatic rings. The van der Waals surface area contributed by atoms with Crippen LogP contribution in [0.4, 0.5) is 0 Å². The molecule has 5 heteroatoms. The lowest BCUT2D eigenvalue weighted by Gasteiger charge is -2.38. The third-order valence-electron chi connectivity index (χ3n) is 2.24. The average molecular weight is 178 g/mol. The van der Waals surface area contributed by atoms with Crippen LogP contribution in [0.3, 0.4) is 0 Å². The highest BCUT2D eigenvalue weighted by molar-refractivity contribution is 4.85. The van der Waals surface area contributed by atoms with Crippen LogP contribution in [0, 0.1) is 5.92 Å². The van der Waals surface area contributed by atoms with Gasteiger partial charge in [0.2, 0.25) is 0 Å². The fourth-order valence-electron chi connectivity index (χ4n) is 1.29. The Hall–Kier alpha value is -0.200. The van der Waals surface area contributed by atoms with Gasteiger partial charge in [-0.05, 0) is 0 Å². The molecule has 1 aliphatic heterocycles. The zero-order chi connectivity index (χ0) is 9.30. The maximum absolute atomic E-state index is 9.37. The van der Waals surface area contributed by atoms with Gasteiger partial charge in [-0.1, -0.05) is 6.92 Å². The molecule has 0 saturated carbocycles. The average Bonchev–Trinajstić information content (AvgIpc) is 2.08. The van der Waals surface area contributed by atoms with Crippen molar-refractivity contribution in [2.45, 2.75) is 31.5 Å². The van der Waals surface area contributed by atoms with Crippen LogP contribution in [0.1, 0.15) is 6.92 Å². The molecule has 72 valence electrons. The molecule has 0 aromatic heterocycles. The zero-order valence-electron chi connectivity index (χ0n) is 6.79. The summed E-state index contributed by atoms with van der Waals surface area (Å²) >= 11 is 0. The van der Waals surface area contributed by atoms with Crippen LogP contribution < -0.4 is 0 Å². The van der Waals surface area contributed by atoms with Gasteiger partial charge in [-0.2, -0.15) is 0 Å². The summed E-state index contributed by atoms with van der Waals surface area (Å²) in [5.74, 6) is -0.495. The van der Waals surface area contributed by atoms with Gasteiger partial charge in [0.25, 0.3) is 0 Å². The van der Waals surface area contributed by atoms with E-state index < -0.39 is 30.5 Å². The van der Waals surface area contributed by atoms with Crippen LogP contribution in [0.2, 0.25) is 0 Å². The van der Waals surface area contributed by atoms with Gasteiger partial charge < -0.3 is 25.2 Å². The Morgan fingerprint density at radius 2 is 1.75 bits per heavy atom. The van der Waals surface area contributed by atoms with E-state index in [1.54, 1.807) is 6.92 Å². The fraction of sp³-hybridized carbons (Fsp3) is 1.00. The SMILES string of the molecule is CC1[C@@H](O)C(CO)O[C@@H](O)[C@H]1O. The largest absolute Gasteiger partial charge is 0.394 e. The van der Waals surface area contributed by atoms with Gasteiger partial charge in [-0.15, -0.1) is 0 Å². The Kier molecular flexibility index (Phi) is 3.03. The molecule has 1 fully saturated rings. The Morgan fingerprint density at radius 3 is 2.25 bits per heavy atom. The van der Waals surface area contributed by atoms with E-state index in [4.69, 9.17) is 14.9 Å². The predicted octanol–water partition coefficient (Wildman–Crippen LogP) is -1.95. The van der Waals surface area contributed by atoms with Gasteiger partial charge in [0.15, 0.2) is 6.29 Å². The van der Waals surface area contributed by atoms with E-state index in [1.807, 2.05) is 0 Å². The van der Waals surface area contributed by atoms with Crippen molar-refractivity contribution in [1.29, 1.82) is 0 Å². The zero-order valence-corrected chi connectivity index (χ0v) is 6.79. The molecular weight excluding hydrogens is 164 g/mol. The lowest BCUT2D eigenvalue weighted by atomic mass is 9.91. The number of rotatable bonds is 1. The number of ether oxygens (including phenoxy) is 1. The van der Waals surface area contributed by atoms with E-state index in [9.17, 15) is 10.2 Å². The molecule has 5 atom stereocenters. The Balaban J connectivity index is 2.63. The summed E-state index contributed by atoms with van der Waals surface area (Å²) in [6, 6.07) is 0. The van der Waals surface area contributed by atoms with Gasteiger partial charge in [0, 0.05) is 5.92 Å². The lowest BCUT2D eigenvalue weighted by molar-refractivity contribution is -0.271. The highest BCUT2D eigenvalue weighted by atomic mass is 16.6. The third-order valence-corrected chi connectivity index (χ3v) is 2.24. The summed E-state index contributed by atoms with van der Waals surface area (Å²) in [4.78, 5) is 0. The van der Waals surface area contributed by atoms with Crippen LogP contribution in [0.5, 0.6) is 0 Å². The number of aliphatic hydroxyl groups excluding tert-OH is 4. The van der Waals surface area contributed by atoms with Crippen molar-refractivity contribution >= 4 is 0 Å². The predicted molar refractivity (Wildman–Crippen MR) is 39.1 cm³/mol. The van der Waals surface area contributed by atoms with Crippen molar-refractivity contribution in [3.63, 3.8) is 0 Å². The van der Waals surface area contributed by atoms with Gasteiger partial charge in [-0.25, -0.2) is 0 Å². The number of hydrogen-bond acceptors (Lipinski definition) is 5. The van der Waals surface area contributed by atoms with Crippen molar-refractivity contribution < 1.29 is 25.2 Å². The van der Waals surface area contributed by atoms with Gasteiger partial charge in [0.1, 0.15) is 12.2 Å². The standard InChI is InChI=1S/C7H14O5/c1-3-5(9)4(2-8)12-7(11)6(3)10/h3-11H,2H2,1H3/t3?,4?,5-,6+,7-/m1/s1. The van der Waals surface area contributed by atoms with Crippen LogP contribution >= 0.6 is 0 Å². The Labute approximate surface area is 70.2 Å². The molecule has 1 rings (SSSR count). The summed E-state index contributed by atoms with van der Waals surface area (Å²) in [5, 5.41) is 36.4. The van der Waals surface area contributed by atoms with E-state index in [0.717, 1.165) is 0 Å². The summed E-state index contributed by atoms with van der Waals surface area (Å²) < 4.78 is 4.74. The Bertz CT molecular complexity index is 146. The van der Waals surface area contributed by atoms with E-state index in [-0.39, 0.29) is 6.61 Å². The minimum Gasteiger partial charge on any atom is -0.394 e. The van der Waals surface area contributed by atoms with Crippen molar-refractivity contribution in [2.24, 2.45) is 5.92 Å². The molecule has 0 aromatic carbocycles. The molecule has 5 nitrogen and oxygen atoms in total. The number of hydrogen-bond donors (Lipinski definition) is 4. The van der Waals surface area contributed by atoms with Crippen molar-refractivity contribution in [2.75, 3.05) is 6.61 Å². The number of aliphatic hydroxyl groups is 4. The summed E-state index contributed by atoms with van der Waals surface area (Å²) in [6.45, 7) is 1.22. The second-order valence-corrected chi connectivity index (χ2v) is 3.09. The first-order valence-corrected chi connectivity index (χ1v) is 3.88. The van der Waals surface area contributed by atoms with Crippen molar-refractivity contribution in [3.8, 4) is 0 Å². The molecule has 0 aliphatic carbocycles. The molecule has 0 bridgehead atoms. The molecule has 1 heterocycles. The first-order chi connectivity index (χ1) is 5.57. The second-order valence-electron chi connectivity index (χ2n) is 3.09. The van der Waals surface area contributed by atoms with Crippen molar-refractivity contribution in [1.82, 2.24) is 0 Å². The minimum atomic E-state index is -1.32.